The Bertz CT molecular complexity index is 690. The first-order chi connectivity index (χ1) is 9.11. The van der Waals surface area contributed by atoms with Gasteiger partial charge in [0.2, 0.25) is 0 Å². The number of allylic oxidation sites excluding steroid dienone is 4. The number of fused-ring (bicyclic) bond motifs is 1. The molecule has 0 spiro atoms. The zero-order valence-corrected chi connectivity index (χ0v) is 10.5. The maximum Gasteiger partial charge on any atom is 0.194 e. The van der Waals surface area contributed by atoms with E-state index in [1.807, 2.05) is 0 Å². The molecule has 0 aromatic heterocycles. The first-order valence-electron chi connectivity index (χ1n) is 6.24. The largest absolute Gasteiger partial charge is 0.294 e. The molecule has 2 aliphatic carbocycles. The Morgan fingerprint density at radius 1 is 1.05 bits per heavy atom. The van der Waals surface area contributed by atoms with Crippen LogP contribution in [0.15, 0.2) is 47.1 Å². The van der Waals surface area contributed by atoms with Gasteiger partial charge in [0.15, 0.2) is 17.3 Å². The first-order valence-corrected chi connectivity index (χ1v) is 6.24. The quantitative estimate of drug-likeness (QED) is 0.772. The summed E-state index contributed by atoms with van der Waals surface area (Å²) in [5.41, 5.74) is 2.07. The molecule has 1 aromatic rings. The Balaban J connectivity index is 2.25. The number of rotatable bonds is 1. The highest BCUT2D eigenvalue weighted by Gasteiger charge is 2.35. The molecule has 0 aliphatic heterocycles. The van der Waals surface area contributed by atoms with Gasteiger partial charge in [0, 0.05) is 27.8 Å². The maximum atomic E-state index is 12.5. The third kappa shape index (κ3) is 1.62. The smallest absolute Gasteiger partial charge is 0.194 e. The van der Waals surface area contributed by atoms with Gasteiger partial charge in [-0.3, -0.25) is 14.4 Å². The fraction of sp³-hybridized carbons (Fsp3) is 0.188. The fourth-order valence-electron chi connectivity index (χ4n) is 2.73. The van der Waals surface area contributed by atoms with Crippen LogP contribution in [0.4, 0.5) is 0 Å². The number of hydrogen-bond donors (Lipinski definition) is 0. The van der Waals surface area contributed by atoms with Gasteiger partial charge in [0.05, 0.1) is 0 Å². The van der Waals surface area contributed by atoms with Crippen molar-refractivity contribution in [1.82, 2.24) is 0 Å². The number of benzene rings is 1. The lowest BCUT2D eigenvalue weighted by atomic mass is 9.76. The summed E-state index contributed by atoms with van der Waals surface area (Å²) in [7, 11) is 0. The van der Waals surface area contributed by atoms with E-state index in [9.17, 15) is 14.4 Å². The van der Waals surface area contributed by atoms with Crippen molar-refractivity contribution in [3.8, 4) is 0 Å². The number of carbonyl (C=O) groups excluding carboxylic acids is 3. The average molecular weight is 252 g/mol. The Labute approximate surface area is 110 Å². The molecule has 0 N–H and O–H groups in total. The van der Waals surface area contributed by atoms with Crippen LogP contribution in [0.25, 0.3) is 0 Å². The summed E-state index contributed by atoms with van der Waals surface area (Å²) in [4.78, 5) is 36.6. The van der Waals surface area contributed by atoms with Crippen LogP contribution in [0.1, 0.15) is 40.5 Å². The van der Waals surface area contributed by atoms with Gasteiger partial charge < -0.3 is 0 Å². The van der Waals surface area contributed by atoms with Gasteiger partial charge in [-0.25, -0.2) is 0 Å². The molecule has 3 rings (SSSR count). The van der Waals surface area contributed by atoms with Gasteiger partial charge >= 0.3 is 0 Å². The maximum absolute atomic E-state index is 12.5. The summed E-state index contributed by atoms with van der Waals surface area (Å²) >= 11 is 0. The van der Waals surface area contributed by atoms with E-state index in [1.54, 1.807) is 30.3 Å². The van der Waals surface area contributed by atoms with Crippen molar-refractivity contribution in [3.63, 3.8) is 0 Å². The fourth-order valence-corrected chi connectivity index (χ4v) is 2.73. The van der Waals surface area contributed by atoms with Gasteiger partial charge in [-0.1, -0.05) is 30.3 Å². The second-order valence-corrected chi connectivity index (χ2v) is 4.77. The molecule has 2 aliphatic rings. The molecule has 0 fully saturated rings. The highest BCUT2D eigenvalue weighted by molar-refractivity contribution is 6.31. The normalized spacial score (nSPS) is 17.8. The summed E-state index contributed by atoms with van der Waals surface area (Å²) in [6.45, 7) is 1.43. The van der Waals surface area contributed by atoms with Crippen LogP contribution in [-0.2, 0) is 4.79 Å². The minimum absolute atomic E-state index is 0.114. The lowest BCUT2D eigenvalue weighted by molar-refractivity contribution is -0.113. The SMILES string of the molecule is CC(=O)C1=CCCC2=C1C(=O)c1ccccc1C2=O. The molecule has 0 saturated carbocycles. The zero-order chi connectivity index (χ0) is 13.6. The summed E-state index contributed by atoms with van der Waals surface area (Å²) in [5.74, 6) is -0.476. The molecular weight excluding hydrogens is 240 g/mol. The Kier molecular flexibility index (Phi) is 2.56. The summed E-state index contributed by atoms with van der Waals surface area (Å²) < 4.78 is 0. The van der Waals surface area contributed by atoms with E-state index in [1.165, 1.54) is 6.92 Å². The van der Waals surface area contributed by atoms with Gasteiger partial charge in [0.25, 0.3) is 0 Å². The Hall–Kier alpha value is -2.29. The van der Waals surface area contributed by atoms with Crippen LogP contribution >= 0.6 is 0 Å². The monoisotopic (exact) mass is 252 g/mol. The van der Waals surface area contributed by atoms with Crippen molar-refractivity contribution in [3.05, 3.63) is 58.2 Å². The predicted octanol–water partition coefficient (Wildman–Crippen LogP) is 2.67. The van der Waals surface area contributed by atoms with E-state index in [4.69, 9.17) is 0 Å². The molecule has 0 unspecified atom stereocenters. The molecule has 94 valence electrons. The standard InChI is InChI=1S/C16H12O3/c1-9(17)10-7-4-8-13-14(10)16(19)12-6-3-2-5-11(12)15(13)18/h2-3,5-7H,4,8H2,1H3. The van der Waals surface area contributed by atoms with E-state index < -0.39 is 0 Å². The third-order valence-corrected chi connectivity index (χ3v) is 3.61. The highest BCUT2D eigenvalue weighted by atomic mass is 16.1. The number of carbonyl (C=O) groups is 3. The van der Waals surface area contributed by atoms with Crippen molar-refractivity contribution < 1.29 is 14.4 Å². The summed E-state index contributed by atoms with van der Waals surface area (Å²) in [5, 5.41) is 0. The molecule has 3 heteroatoms. The van der Waals surface area contributed by atoms with Crippen molar-refractivity contribution in [2.75, 3.05) is 0 Å². The minimum atomic E-state index is -0.202. The van der Waals surface area contributed by atoms with E-state index in [0.29, 0.717) is 40.7 Å². The molecule has 1 aromatic carbocycles. The van der Waals surface area contributed by atoms with Crippen molar-refractivity contribution in [2.45, 2.75) is 19.8 Å². The summed E-state index contributed by atoms with van der Waals surface area (Å²) in [6.07, 6.45) is 2.93. The molecule has 19 heavy (non-hydrogen) atoms. The lowest BCUT2D eigenvalue weighted by Crippen LogP contribution is -2.26. The number of hydrogen-bond acceptors (Lipinski definition) is 3. The molecule has 3 nitrogen and oxygen atoms in total. The van der Waals surface area contributed by atoms with E-state index in [2.05, 4.69) is 0 Å². The second kappa shape index (κ2) is 4.12. The average Bonchev–Trinajstić information content (AvgIpc) is 2.44. The topological polar surface area (TPSA) is 51.2 Å². The second-order valence-electron chi connectivity index (χ2n) is 4.77. The van der Waals surface area contributed by atoms with Gasteiger partial charge in [-0.05, 0) is 19.8 Å². The Morgan fingerprint density at radius 3 is 2.32 bits per heavy atom. The van der Waals surface area contributed by atoms with E-state index in [0.717, 1.165) is 0 Å². The van der Waals surface area contributed by atoms with Crippen LogP contribution in [0, 0.1) is 0 Å². The van der Waals surface area contributed by atoms with Crippen LogP contribution in [-0.4, -0.2) is 17.3 Å². The highest BCUT2D eigenvalue weighted by Crippen LogP contribution is 2.35. The van der Waals surface area contributed by atoms with Crippen molar-refractivity contribution >= 4 is 17.3 Å². The van der Waals surface area contributed by atoms with Gasteiger partial charge in [-0.15, -0.1) is 0 Å². The van der Waals surface area contributed by atoms with E-state index >= 15 is 0 Å². The molecular formula is C16H12O3. The van der Waals surface area contributed by atoms with Gasteiger partial charge in [0.1, 0.15) is 0 Å². The van der Waals surface area contributed by atoms with Crippen molar-refractivity contribution in [2.24, 2.45) is 0 Å². The number of ketones is 3. The molecule has 0 radical (unpaired) electrons. The van der Waals surface area contributed by atoms with Gasteiger partial charge in [-0.2, -0.15) is 0 Å². The van der Waals surface area contributed by atoms with Crippen LogP contribution in [0.5, 0.6) is 0 Å². The zero-order valence-electron chi connectivity index (χ0n) is 10.5. The van der Waals surface area contributed by atoms with E-state index in [-0.39, 0.29) is 17.3 Å². The number of Topliss-reactive ketones (excluding diaryl/α,β-unsaturated/α-hetero) is 3. The molecule has 0 atom stereocenters. The predicted molar refractivity (Wildman–Crippen MR) is 70.1 cm³/mol. The Morgan fingerprint density at radius 2 is 1.68 bits per heavy atom. The first kappa shape index (κ1) is 11.8. The molecule has 0 heterocycles. The minimum Gasteiger partial charge on any atom is -0.294 e. The lowest BCUT2D eigenvalue weighted by Gasteiger charge is -2.24. The van der Waals surface area contributed by atoms with Crippen molar-refractivity contribution in [1.29, 1.82) is 0 Å². The molecule has 0 bridgehead atoms. The third-order valence-electron chi connectivity index (χ3n) is 3.61. The molecule has 0 saturated heterocycles. The van der Waals surface area contributed by atoms with Crippen LogP contribution in [0.3, 0.4) is 0 Å². The van der Waals surface area contributed by atoms with Crippen LogP contribution < -0.4 is 0 Å². The molecule has 0 amide bonds. The van der Waals surface area contributed by atoms with Crippen LogP contribution in [0.2, 0.25) is 0 Å². The summed E-state index contributed by atoms with van der Waals surface area (Å²) in [6, 6.07) is 6.80.